The Bertz CT molecular complexity index is 1240. The van der Waals surface area contributed by atoms with Crippen molar-refractivity contribution in [2.75, 3.05) is 29.9 Å². The first kappa shape index (κ1) is 22.3. The molecule has 11 heteroatoms. The molecule has 1 saturated heterocycles. The Morgan fingerprint density at radius 2 is 1.86 bits per heavy atom. The Kier molecular flexibility index (Phi) is 5.58. The van der Waals surface area contributed by atoms with Gasteiger partial charge in [-0.3, -0.25) is 0 Å². The average Bonchev–Trinajstić information content (AvgIpc) is 3.25. The van der Waals surface area contributed by atoms with Gasteiger partial charge in [-0.2, -0.15) is 4.98 Å². The van der Waals surface area contributed by atoms with Gasteiger partial charge in [-0.15, -0.1) is 5.10 Å². The van der Waals surface area contributed by atoms with E-state index >= 15 is 0 Å². The third kappa shape index (κ3) is 4.01. The van der Waals surface area contributed by atoms with Gasteiger partial charge < -0.3 is 15.0 Å². The van der Waals surface area contributed by atoms with Crippen LogP contribution < -0.4 is 10.2 Å². The lowest BCUT2D eigenvalue weighted by Gasteiger charge is -2.38. The molecule has 184 valence electrons. The lowest BCUT2D eigenvalue weighted by Crippen LogP contribution is -2.48. The van der Waals surface area contributed by atoms with Crippen LogP contribution in [0.15, 0.2) is 24.5 Å². The molecule has 35 heavy (non-hydrogen) atoms. The van der Waals surface area contributed by atoms with Crippen molar-refractivity contribution in [3.05, 3.63) is 59.1 Å². The number of rotatable bonds is 4. The summed E-state index contributed by atoms with van der Waals surface area (Å²) in [7, 11) is 0. The number of nitrogens with zero attached hydrogens (tertiary/aromatic N) is 6. The van der Waals surface area contributed by atoms with Gasteiger partial charge in [0.1, 0.15) is 18.2 Å². The third-order valence-corrected chi connectivity index (χ3v) is 7.32. The molecule has 4 atom stereocenters. The summed E-state index contributed by atoms with van der Waals surface area (Å²) in [4.78, 5) is 15.6. The highest BCUT2D eigenvalue weighted by Gasteiger charge is 2.43. The standard InChI is InChI=1S/C24H26F3N7O/c1-13-9-18(29-12-28-13)33-10-14-3-4-15(11-33)21(14)30-24-31-23-22(35-8-2-7-34(23)32-24)16-5-6-17(25)20(27)19(16)26/h5-6,9,12,14-15,21-22H,2-4,7-8,10-11H2,1H3,(H,30,32)/t14-,15+,21?,22-/m0/s1. The molecule has 0 radical (unpaired) electrons. The molecule has 0 amide bonds. The zero-order valence-corrected chi connectivity index (χ0v) is 19.3. The fourth-order valence-corrected chi connectivity index (χ4v) is 5.64. The van der Waals surface area contributed by atoms with Crippen molar-refractivity contribution >= 4 is 11.8 Å². The molecule has 1 aliphatic carbocycles. The van der Waals surface area contributed by atoms with Crippen LogP contribution in [0, 0.1) is 36.2 Å². The van der Waals surface area contributed by atoms with E-state index in [-0.39, 0.29) is 11.6 Å². The lowest BCUT2D eigenvalue weighted by molar-refractivity contribution is 0.0780. The predicted octanol–water partition coefficient (Wildman–Crippen LogP) is 3.63. The molecule has 3 aromatic rings. The Morgan fingerprint density at radius 1 is 1.06 bits per heavy atom. The first-order valence-electron chi connectivity index (χ1n) is 12.0. The topological polar surface area (TPSA) is 81.0 Å². The summed E-state index contributed by atoms with van der Waals surface area (Å²) in [6.45, 7) is 4.60. The van der Waals surface area contributed by atoms with Crippen molar-refractivity contribution in [2.24, 2.45) is 11.8 Å². The number of piperidine rings is 1. The molecule has 8 nitrogen and oxygen atoms in total. The minimum Gasteiger partial charge on any atom is -0.365 e. The van der Waals surface area contributed by atoms with E-state index in [1.165, 1.54) is 6.07 Å². The quantitative estimate of drug-likeness (QED) is 0.566. The van der Waals surface area contributed by atoms with E-state index in [1.54, 1.807) is 11.0 Å². The van der Waals surface area contributed by atoms with Crippen LogP contribution in [0.5, 0.6) is 0 Å². The van der Waals surface area contributed by atoms with Crippen LogP contribution in [-0.2, 0) is 11.3 Å². The second-order valence-corrected chi connectivity index (χ2v) is 9.58. The monoisotopic (exact) mass is 485 g/mol. The van der Waals surface area contributed by atoms with E-state index in [0.29, 0.717) is 43.2 Å². The fourth-order valence-electron chi connectivity index (χ4n) is 5.64. The van der Waals surface area contributed by atoms with Crippen molar-refractivity contribution in [3.63, 3.8) is 0 Å². The van der Waals surface area contributed by atoms with Crippen molar-refractivity contribution < 1.29 is 17.9 Å². The maximum absolute atomic E-state index is 14.6. The van der Waals surface area contributed by atoms with E-state index in [0.717, 1.165) is 43.5 Å². The fraction of sp³-hybridized carbons (Fsp3) is 0.500. The smallest absolute Gasteiger partial charge is 0.242 e. The molecule has 1 aromatic carbocycles. The summed E-state index contributed by atoms with van der Waals surface area (Å²) in [6.07, 6.45) is 3.49. The highest BCUT2D eigenvalue weighted by molar-refractivity contribution is 5.42. The number of nitrogens with one attached hydrogen (secondary N) is 1. The number of halogens is 3. The Balaban J connectivity index is 1.24. The van der Waals surface area contributed by atoms with Gasteiger partial charge in [0.2, 0.25) is 5.95 Å². The zero-order valence-electron chi connectivity index (χ0n) is 19.3. The van der Waals surface area contributed by atoms with Gasteiger partial charge in [-0.25, -0.2) is 27.8 Å². The molecule has 2 aliphatic heterocycles. The molecular formula is C24H26F3N7O. The minimum atomic E-state index is -1.51. The SMILES string of the molecule is Cc1cc(N2C[C@H]3CC[C@@H](C2)C3Nc2nc3n(n2)CCCO[C@H]3c2ccc(F)c(F)c2F)ncn1. The minimum absolute atomic E-state index is 0.0838. The molecule has 1 N–H and O–H groups in total. The normalized spacial score (nSPS) is 25.9. The molecule has 1 unspecified atom stereocenters. The summed E-state index contributed by atoms with van der Waals surface area (Å²) < 4.78 is 49.5. The van der Waals surface area contributed by atoms with Gasteiger partial charge in [0, 0.05) is 49.6 Å². The van der Waals surface area contributed by atoms with Crippen molar-refractivity contribution in [1.82, 2.24) is 24.7 Å². The van der Waals surface area contributed by atoms with Crippen LogP contribution in [0.3, 0.4) is 0 Å². The molecule has 3 aliphatic rings. The van der Waals surface area contributed by atoms with Crippen LogP contribution in [0.1, 0.15) is 42.4 Å². The van der Waals surface area contributed by atoms with Gasteiger partial charge in [-0.05, 0) is 50.2 Å². The van der Waals surface area contributed by atoms with Gasteiger partial charge in [0.05, 0.1) is 0 Å². The van der Waals surface area contributed by atoms with Crippen LogP contribution in [0.4, 0.5) is 24.9 Å². The third-order valence-electron chi connectivity index (χ3n) is 7.32. The Hall–Kier alpha value is -3.21. The summed E-state index contributed by atoms with van der Waals surface area (Å²) >= 11 is 0. The summed E-state index contributed by atoms with van der Waals surface area (Å²) in [5.74, 6) is -1.40. The lowest BCUT2D eigenvalue weighted by atomic mass is 9.92. The molecule has 4 heterocycles. The number of hydrogen-bond donors (Lipinski definition) is 1. The van der Waals surface area contributed by atoms with Crippen molar-refractivity contribution in [2.45, 2.75) is 44.9 Å². The number of aryl methyl sites for hydroxylation is 2. The number of anilines is 2. The first-order valence-corrected chi connectivity index (χ1v) is 12.0. The highest BCUT2D eigenvalue weighted by atomic mass is 19.2. The highest BCUT2D eigenvalue weighted by Crippen LogP contribution is 2.40. The summed E-state index contributed by atoms with van der Waals surface area (Å²) in [6, 6.07) is 4.34. The predicted molar refractivity (Wildman–Crippen MR) is 121 cm³/mol. The molecule has 2 aromatic heterocycles. The number of ether oxygens (including phenoxy) is 1. The van der Waals surface area contributed by atoms with E-state index in [2.05, 4.69) is 30.3 Å². The zero-order chi connectivity index (χ0) is 24.1. The largest absolute Gasteiger partial charge is 0.365 e. The van der Waals surface area contributed by atoms with E-state index < -0.39 is 23.6 Å². The van der Waals surface area contributed by atoms with Crippen molar-refractivity contribution in [3.8, 4) is 0 Å². The maximum Gasteiger partial charge on any atom is 0.242 e. The average molecular weight is 486 g/mol. The van der Waals surface area contributed by atoms with Gasteiger partial charge in [0.25, 0.3) is 0 Å². The number of aromatic nitrogens is 5. The summed E-state index contributed by atoms with van der Waals surface area (Å²) in [5.41, 5.74) is 0.861. The molecule has 2 bridgehead atoms. The van der Waals surface area contributed by atoms with Gasteiger partial charge >= 0.3 is 0 Å². The first-order chi connectivity index (χ1) is 17.0. The Morgan fingerprint density at radius 3 is 2.63 bits per heavy atom. The molecular weight excluding hydrogens is 459 g/mol. The number of benzene rings is 1. The molecule has 2 fully saturated rings. The van der Waals surface area contributed by atoms with Gasteiger partial charge in [0.15, 0.2) is 23.3 Å². The van der Waals surface area contributed by atoms with Gasteiger partial charge in [-0.1, -0.05) is 0 Å². The van der Waals surface area contributed by atoms with E-state index in [9.17, 15) is 13.2 Å². The van der Waals surface area contributed by atoms with Crippen LogP contribution in [0.25, 0.3) is 0 Å². The van der Waals surface area contributed by atoms with Crippen molar-refractivity contribution in [1.29, 1.82) is 0 Å². The van der Waals surface area contributed by atoms with Crippen LogP contribution in [-0.4, -0.2) is 50.5 Å². The summed E-state index contributed by atoms with van der Waals surface area (Å²) in [5, 5.41) is 8.15. The van der Waals surface area contributed by atoms with E-state index in [1.807, 2.05) is 13.0 Å². The number of fused-ring (bicyclic) bond motifs is 3. The molecule has 0 spiro atoms. The molecule has 6 rings (SSSR count). The Labute approximate surface area is 200 Å². The maximum atomic E-state index is 14.6. The second-order valence-electron chi connectivity index (χ2n) is 9.58. The van der Waals surface area contributed by atoms with Crippen LogP contribution in [0.2, 0.25) is 0 Å². The van der Waals surface area contributed by atoms with E-state index in [4.69, 9.17) is 4.74 Å². The van der Waals surface area contributed by atoms with Crippen LogP contribution >= 0.6 is 0 Å². The molecule has 1 saturated carbocycles. The second kappa shape index (κ2) is 8.78. The number of hydrogen-bond acceptors (Lipinski definition) is 7.